The molecule has 0 spiro atoms. The number of likely N-dealkylation sites (tertiary alicyclic amines) is 1. The first-order chi connectivity index (χ1) is 9.20. The molecular formula is C16H24N2O. The number of benzene rings is 1. The van der Waals surface area contributed by atoms with Gasteiger partial charge in [-0.3, -0.25) is 4.90 Å². The highest BCUT2D eigenvalue weighted by atomic mass is 16.5. The number of hydrogen-bond acceptors (Lipinski definition) is 3. The van der Waals surface area contributed by atoms with E-state index >= 15 is 0 Å². The molecule has 1 aromatic rings. The maximum Gasteiger partial charge on any atom is 0.119 e. The van der Waals surface area contributed by atoms with Crippen molar-refractivity contribution < 1.29 is 4.74 Å². The monoisotopic (exact) mass is 260 g/mol. The second kappa shape index (κ2) is 5.14. The Bertz CT molecular complexity index is 460. The lowest BCUT2D eigenvalue weighted by atomic mass is 9.98. The molecule has 3 heteroatoms. The molecule has 1 fully saturated rings. The number of hydrogen-bond donors (Lipinski definition) is 1. The van der Waals surface area contributed by atoms with Gasteiger partial charge in [-0.05, 0) is 56.0 Å². The van der Waals surface area contributed by atoms with Gasteiger partial charge in [-0.15, -0.1) is 0 Å². The van der Waals surface area contributed by atoms with E-state index in [1.807, 2.05) is 6.07 Å². The molecule has 3 rings (SSSR count). The molecule has 0 radical (unpaired) electrons. The molecule has 1 aliphatic carbocycles. The second-order valence-electron chi connectivity index (χ2n) is 5.94. The smallest absolute Gasteiger partial charge is 0.119 e. The molecule has 0 amide bonds. The minimum absolute atomic E-state index is 0.130. The van der Waals surface area contributed by atoms with Crippen molar-refractivity contribution in [1.82, 2.24) is 4.90 Å². The summed E-state index contributed by atoms with van der Waals surface area (Å²) in [5, 5.41) is 0. The maximum absolute atomic E-state index is 6.51. The molecule has 3 unspecified atom stereocenters. The molecule has 2 aliphatic rings. The van der Waals surface area contributed by atoms with Gasteiger partial charge in [0.25, 0.3) is 0 Å². The largest absolute Gasteiger partial charge is 0.497 e. The molecule has 1 heterocycles. The summed E-state index contributed by atoms with van der Waals surface area (Å²) in [7, 11) is 1.71. The van der Waals surface area contributed by atoms with E-state index < -0.39 is 0 Å². The third-order valence-electron chi connectivity index (χ3n) is 4.84. The summed E-state index contributed by atoms with van der Waals surface area (Å²) < 4.78 is 5.32. The molecule has 1 aliphatic heterocycles. The number of ether oxygens (including phenoxy) is 1. The van der Waals surface area contributed by atoms with Crippen molar-refractivity contribution in [2.45, 2.75) is 50.7 Å². The molecule has 104 valence electrons. The van der Waals surface area contributed by atoms with Crippen LogP contribution in [0.25, 0.3) is 0 Å². The van der Waals surface area contributed by atoms with Gasteiger partial charge in [0.2, 0.25) is 0 Å². The first-order valence-corrected chi connectivity index (χ1v) is 7.39. The van der Waals surface area contributed by atoms with Gasteiger partial charge in [-0.1, -0.05) is 12.5 Å². The highest BCUT2D eigenvalue weighted by molar-refractivity contribution is 5.42. The Morgan fingerprint density at radius 1 is 1.32 bits per heavy atom. The summed E-state index contributed by atoms with van der Waals surface area (Å²) in [6.45, 7) is 3.54. The van der Waals surface area contributed by atoms with Crippen LogP contribution in [0.1, 0.15) is 43.4 Å². The van der Waals surface area contributed by atoms with Crippen LogP contribution in [0.4, 0.5) is 0 Å². The van der Waals surface area contributed by atoms with Crippen LogP contribution in [-0.4, -0.2) is 30.6 Å². The van der Waals surface area contributed by atoms with Gasteiger partial charge < -0.3 is 10.5 Å². The second-order valence-corrected chi connectivity index (χ2v) is 5.94. The summed E-state index contributed by atoms with van der Waals surface area (Å²) in [6.07, 6.45) is 5.07. The topological polar surface area (TPSA) is 38.5 Å². The van der Waals surface area contributed by atoms with E-state index in [0.717, 1.165) is 12.2 Å². The number of methoxy groups -OCH3 is 1. The fourth-order valence-electron chi connectivity index (χ4n) is 3.69. The van der Waals surface area contributed by atoms with Crippen molar-refractivity contribution in [1.29, 1.82) is 0 Å². The minimum atomic E-state index is 0.130. The van der Waals surface area contributed by atoms with E-state index in [4.69, 9.17) is 10.5 Å². The van der Waals surface area contributed by atoms with E-state index in [1.165, 1.54) is 36.9 Å². The molecule has 2 N–H and O–H groups in total. The Morgan fingerprint density at radius 2 is 2.16 bits per heavy atom. The average Bonchev–Trinajstić information content (AvgIpc) is 2.76. The van der Waals surface area contributed by atoms with Gasteiger partial charge in [-0.25, -0.2) is 0 Å². The molecule has 3 nitrogen and oxygen atoms in total. The number of nitrogens with two attached hydrogens (primary N) is 1. The molecule has 3 atom stereocenters. The Morgan fingerprint density at radius 3 is 2.89 bits per heavy atom. The van der Waals surface area contributed by atoms with Crippen molar-refractivity contribution in [3.8, 4) is 5.75 Å². The third kappa shape index (κ3) is 2.26. The predicted molar refractivity (Wildman–Crippen MR) is 77.4 cm³/mol. The third-order valence-corrected chi connectivity index (χ3v) is 4.84. The van der Waals surface area contributed by atoms with E-state index in [2.05, 4.69) is 24.0 Å². The van der Waals surface area contributed by atoms with Crippen molar-refractivity contribution in [2.75, 3.05) is 13.7 Å². The van der Waals surface area contributed by atoms with Gasteiger partial charge in [0.1, 0.15) is 5.75 Å². The fourth-order valence-corrected chi connectivity index (χ4v) is 3.69. The van der Waals surface area contributed by atoms with Gasteiger partial charge in [0.15, 0.2) is 0 Å². The highest BCUT2D eigenvalue weighted by Gasteiger charge is 2.36. The average molecular weight is 260 g/mol. The van der Waals surface area contributed by atoms with Gasteiger partial charge in [0, 0.05) is 18.1 Å². The van der Waals surface area contributed by atoms with Crippen LogP contribution in [-0.2, 0) is 6.42 Å². The Balaban J connectivity index is 1.84. The molecule has 1 aromatic carbocycles. The summed E-state index contributed by atoms with van der Waals surface area (Å²) in [6, 6.07) is 7.62. The molecule has 0 saturated carbocycles. The fraction of sp³-hybridized carbons (Fsp3) is 0.625. The molecule has 1 saturated heterocycles. The Labute approximate surface area is 115 Å². The van der Waals surface area contributed by atoms with Crippen molar-refractivity contribution in [2.24, 2.45) is 5.73 Å². The minimum Gasteiger partial charge on any atom is -0.497 e. The molecular weight excluding hydrogens is 236 g/mol. The number of nitrogens with zero attached hydrogens (tertiary/aromatic N) is 1. The lowest BCUT2D eigenvalue weighted by Gasteiger charge is -2.39. The van der Waals surface area contributed by atoms with Crippen LogP contribution in [0.5, 0.6) is 5.75 Å². The van der Waals surface area contributed by atoms with Crippen LogP contribution >= 0.6 is 0 Å². The first-order valence-electron chi connectivity index (χ1n) is 7.39. The van der Waals surface area contributed by atoms with Gasteiger partial charge >= 0.3 is 0 Å². The Hall–Kier alpha value is -1.06. The number of rotatable bonds is 2. The van der Waals surface area contributed by atoms with E-state index in [0.29, 0.717) is 12.1 Å². The van der Waals surface area contributed by atoms with Crippen molar-refractivity contribution in [3.63, 3.8) is 0 Å². The van der Waals surface area contributed by atoms with Crippen molar-refractivity contribution >= 4 is 0 Å². The SMILES string of the molecule is COc1ccc2c(c1)C(N)C(N1CCCCC1C)C2. The zero-order valence-electron chi connectivity index (χ0n) is 11.9. The number of piperidine rings is 1. The zero-order valence-corrected chi connectivity index (χ0v) is 11.9. The van der Waals surface area contributed by atoms with Crippen molar-refractivity contribution in [3.05, 3.63) is 29.3 Å². The highest BCUT2D eigenvalue weighted by Crippen LogP contribution is 2.37. The van der Waals surface area contributed by atoms with Crippen LogP contribution in [0, 0.1) is 0 Å². The normalized spacial score (nSPS) is 31.2. The zero-order chi connectivity index (χ0) is 13.4. The summed E-state index contributed by atoms with van der Waals surface area (Å²) >= 11 is 0. The van der Waals surface area contributed by atoms with Crippen LogP contribution in [0.3, 0.4) is 0 Å². The molecule has 0 bridgehead atoms. The van der Waals surface area contributed by atoms with E-state index in [-0.39, 0.29) is 6.04 Å². The summed E-state index contributed by atoms with van der Waals surface area (Å²) in [5.74, 6) is 0.918. The maximum atomic E-state index is 6.51. The quantitative estimate of drug-likeness (QED) is 0.888. The van der Waals surface area contributed by atoms with Gasteiger partial charge in [-0.2, -0.15) is 0 Å². The van der Waals surface area contributed by atoms with Crippen LogP contribution < -0.4 is 10.5 Å². The number of fused-ring (bicyclic) bond motifs is 1. The molecule has 19 heavy (non-hydrogen) atoms. The standard InChI is InChI=1S/C16H24N2O/c1-11-5-3-4-8-18(11)15-9-12-6-7-13(19-2)10-14(12)16(15)17/h6-7,10-11,15-16H,3-5,8-9,17H2,1-2H3. The van der Waals surface area contributed by atoms with E-state index in [9.17, 15) is 0 Å². The van der Waals surface area contributed by atoms with Gasteiger partial charge in [0.05, 0.1) is 7.11 Å². The summed E-state index contributed by atoms with van der Waals surface area (Å²) in [4.78, 5) is 2.63. The van der Waals surface area contributed by atoms with E-state index in [1.54, 1.807) is 7.11 Å². The molecule has 0 aromatic heterocycles. The Kier molecular flexibility index (Phi) is 3.50. The first kappa shape index (κ1) is 12.9. The van der Waals surface area contributed by atoms with Crippen LogP contribution in [0.2, 0.25) is 0 Å². The predicted octanol–water partition coefficient (Wildman–Crippen LogP) is 2.49. The summed E-state index contributed by atoms with van der Waals surface area (Å²) in [5.41, 5.74) is 9.19. The lowest BCUT2D eigenvalue weighted by molar-refractivity contribution is 0.0958. The van der Waals surface area contributed by atoms with Crippen LogP contribution in [0.15, 0.2) is 18.2 Å². The lowest BCUT2D eigenvalue weighted by Crippen LogP contribution is -2.48.